The highest BCUT2D eigenvalue weighted by Crippen LogP contribution is 2.22. The van der Waals surface area contributed by atoms with E-state index in [1.807, 2.05) is 18.9 Å². The van der Waals surface area contributed by atoms with E-state index >= 15 is 0 Å². The Morgan fingerprint density at radius 3 is 2.17 bits per heavy atom. The summed E-state index contributed by atoms with van der Waals surface area (Å²) in [6.45, 7) is 9.96. The summed E-state index contributed by atoms with van der Waals surface area (Å²) >= 11 is 0. The molecule has 0 radical (unpaired) electrons. The van der Waals surface area contributed by atoms with Crippen LogP contribution in [0, 0.1) is 0 Å². The van der Waals surface area contributed by atoms with Crippen LogP contribution in [-0.2, 0) is 21.5 Å². The molecule has 0 fully saturated rings. The van der Waals surface area contributed by atoms with Crippen LogP contribution < -0.4 is 10.6 Å². The lowest BCUT2D eigenvalue weighted by Crippen LogP contribution is -2.41. The van der Waals surface area contributed by atoms with Crippen molar-refractivity contribution < 1.29 is 9.59 Å². The number of benzene rings is 1. The summed E-state index contributed by atoms with van der Waals surface area (Å²) in [5, 5.41) is 5.26. The molecule has 128 valence electrons. The Hall–Kier alpha value is -1.88. The van der Waals surface area contributed by atoms with E-state index in [9.17, 15) is 9.59 Å². The number of carbonyl (C=O) groups is 2. The first-order valence-corrected chi connectivity index (χ1v) is 8.03. The number of likely N-dealkylation sites (N-methyl/N-ethyl adjacent to an activating group) is 2. The van der Waals surface area contributed by atoms with E-state index in [-0.39, 0.29) is 30.3 Å². The summed E-state index contributed by atoms with van der Waals surface area (Å²) in [4.78, 5) is 25.0. The topological polar surface area (TPSA) is 61.4 Å². The summed E-state index contributed by atoms with van der Waals surface area (Å²) in [7, 11) is 1.89. The Morgan fingerprint density at radius 1 is 1.04 bits per heavy atom. The number of nitrogens with one attached hydrogen (secondary N) is 2. The van der Waals surface area contributed by atoms with Crippen molar-refractivity contribution in [3.05, 3.63) is 35.4 Å². The van der Waals surface area contributed by atoms with Crippen LogP contribution in [0.25, 0.3) is 0 Å². The van der Waals surface area contributed by atoms with Gasteiger partial charge in [0, 0.05) is 13.1 Å². The molecule has 1 rings (SSSR count). The highest BCUT2D eigenvalue weighted by atomic mass is 16.2. The van der Waals surface area contributed by atoms with Crippen molar-refractivity contribution in [3.63, 3.8) is 0 Å². The van der Waals surface area contributed by atoms with Crippen LogP contribution in [0.15, 0.2) is 24.3 Å². The molecule has 2 amide bonds. The monoisotopic (exact) mass is 319 g/mol. The Balaban J connectivity index is 2.42. The minimum absolute atomic E-state index is 0.0286. The van der Waals surface area contributed by atoms with Crippen molar-refractivity contribution in [2.24, 2.45) is 0 Å². The smallest absolute Gasteiger partial charge is 0.239 e. The van der Waals surface area contributed by atoms with Crippen molar-refractivity contribution in [1.82, 2.24) is 15.5 Å². The standard InChI is InChI=1S/C18H29N3O2/c1-6-19-16(22)11-20-17(23)13-21(5)12-14-7-9-15(10-8-14)18(2,3)4/h7-10H,6,11-13H2,1-5H3,(H,19,22)(H,20,23). The molecule has 5 nitrogen and oxygen atoms in total. The van der Waals surface area contributed by atoms with Gasteiger partial charge in [-0.05, 0) is 30.5 Å². The predicted molar refractivity (Wildman–Crippen MR) is 93.2 cm³/mol. The average molecular weight is 319 g/mol. The molecule has 0 spiro atoms. The second-order valence-electron chi connectivity index (χ2n) is 6.85. The molecule has 5 heteroatoms. The van der Waals surface area contributed by atoms with Gasteiger partial charge in [-0.2, -0.15) is 0 Å². The summed E-state index contributed by atoms with van der Waals surface area (Å²) < 4.78 is 0. The number of hydrogen-bond acceptors (Lipinski definition) is 3. The molecule has 0 aliphatic rings. The lowest BCUT2D eigenvalue weighted by molar-refractivity contribution is -0.126. The van der Waals surface area contributed by atoms with Crippen molar-refractivity contribution in [3.8, 4) is 0 Å². The van der Waals surface area contributed by atoms with E-state index < -0.39 is 0 Å². The van der Waals surface area contributed by atoms with E-state index in [0.29, 0.717) is 13.1 Å². The van der Waals surface area contributed by atoms with Gasteiger partial charge in [-0.15, -0.1) is 0 Å². The van der Waals surface area contributed by atoms with E-state index in [1.165, 1.54) is 5.56 Å². The van der Waals surface area contributed by atoms with Crippen LogP contribution in [0.2, 0.25) is 0 Å². The molecule has 0 aromatic heterocycles. The van der Waals surface area contributed by atoms with Gasteiger partial charge < -0.3 is 10.6 Å². The Morgan fingerprint density at radius 2 is 1.65 bits per heavy atom. The first-order valence-electron chi connectivity index (χ1n) is 8.03. The zero-order valence-corrected chi connectivity index (χ0v) is 14.9. The fraction of sp³-hybridized carbons (Fsp3) is 0.556. The van der Waals surface area contributed by atoms with Gasteiger partial charge >= 0.3 is 0 Å². The summed E-state index contributed by atoms with van der Waals surface area (Å²) in [6, 6.07) is 8.48. The molecular formula is C18H29N3O2. The molecule has 1 aromatic rings. The number of rotatable bonds is 7. The number of amides is 2. The SMILES string of the molecule is CCNC(=O)CNC(=O)CN(C)Cc1ccc(C(C)(C)C)cc1. The van der Waals surface area contributed by atoms with Crippen LogP contribution in [0.3, 0.4) is 0 Å². The molecular weight excluding hydrogens is 290 g/mol. The lowest BCUT2D eigenvalue weighted by atomic mass is 9.87. The first-order chi connectivity index (χ1) is 10.7. The third kappa shape index (κ3) is 7.28. The van der Waals surface area contributed by atoms with Crippen LogP contribution in [-0.4, -0.2) is 43.4 Å². The molecule has 23 heavy (non-hydrogen) atoms. The average Bonchev–Trinajstić information content (AvgIpc) is 2.45. The number of carbonyl (C=O) groups excluding carboxylic acids is 2. The fourth-order valence-electron chi connectivity index (χ4n) is 2.22. The van der Waals surface area contributed by atoms with Crippen molar-refractivity contribution >= 4 is 11.8 Å². The maximum atomic E-state index is 11.8. The molecule has 0 heterocycles. The van der Waals surface area contributed by atoms with Crippen molar-refractivity contribution in [1.29, 1.82) is 0 Å². The maximum absolute atomic E-state index is 11.8. The fourth-order valence-corrected chi connectivity index (χ4v) is 2.22. The van der Waals surface area contributed by atoms with Crippen LogP contribution in [0.1, 0.15) is 38.8 Å². The molecule has 0 aliphatic heterocycles. The summed E-state index contributed by atoms with van der Waals surface area (Å²) in [5.41, 5.74) is 2.60. The van der Waals surface area contributed by atoms with Gasteiger partial charge in [-0.1, -0.05) is 45.0 Å². The summed E-state index contributed by atoms with van der Waals surface area (Å²) in [6.07, 6.45) is 0. The molecule has 0 atom stereocenters. The van der Waals surface area contributed by atoms with Gasteiger partial charge in [-0.3, -0.25) is 14.5 Å². The zero-order chi connectivity index (χ0) is 17.5. The lowest BCUT2D eigenvalue weighted by Gasteiger charge is -2.20. The molecule has 0 aliphatic carbocycles. The Bertz CT molecular complexity index is 518. The predicted octanol–water partition coefficient (Wildman–Crippen LogP) is 1.67. The third-order valence-electron chi connectivity index (χ3n) is 3.51. The van der Waals surface area contributed by atoms with Crippen LogP contribution in [0.4, 0.5) is 0 Å². The van der Waals surface area contributed by atoms with E-state index in [0.717, 1.165) is 5.56 Å². The molecule has 0 bridgehead atoms. The molecule has 2 N–H and O–H groups in total. The first kappa shape index (κ1) is 19.2. The quantitative estimate of drug-likeness (QED) is 0.804. The van der Waals surface area contributed by atoms with Crippen LogP contribution in [0.5, 0.6) is 0 Å². The van der Waals surface area contributed by atoms with E-state index in [2.05, 4.69) is 55.7 Å². The number of nitrogens with zero attached hydrogens (tertiary/aromatic N) is 1. The second-order valence-corrected chi connectivity index (χ2v) is 6.85. The minimum atomic E-state index is -0.165. The van der Waals surface area contributed by atoms with Gasteiger partial charge in [0.1, 0.15) is 0 Å². The number of hydrogen-bond donors (Lipinski definition) is 2. The van der Waals surface area contributed by atoms with Crippen molar-refractivity contribution in [2.75, 3.05) is 26.7 Å². The van der Waals surface area contributed by atoms with Gasteiger partial charge in [0.25, 0.3) is 0 Å². The molecule has 0 unspecified atom stereocenters. The minimum Gasteiger partial charge on any atom is -0.355 e. The van der Waals surface area contributed by atoms with E-state index in [4.69, 9.17) is 0 Å². The molecule has 1 aromatic carbocycles. The second kappa shape index (κ2) is 8.67. The third-order valence-corrected chi connectivity index (χ3v) is 3.51. The highest BCUT2D eigenvalue weighted by Gasteiger charge is 2.13. The van der Waals surface area contributed by atoms with E-state index in [1.54, 1.807) is 0 Å². The van der Waals surface area contributed by atoms with Gasteiger partial charge in [0.15, 0.2) is 0 Å². The molecule has 0 saturated carbocycles. The van der Waals surface area contributed by atoms with Gasteiger partial charge in [0.05, 0.1) is 13.1 Å². The normalized spacial score (nSPS) is 11.4. The van der Waals surface area contributed by atoms with Gasteiger partial charge in [0.2, 0.25) is 11.8 Å². The Kier molecular flexibility index (Phi) is 7.23. The highest BCUT2D eigenvalue weighted by molar-refractivity contribution is 5.85. The van der Waals surface area contributed by atoms with Gasteiger partial charge in [-0.25, -0.2) is 0 Å². The Labute approximate surface area is 139 Å². The van der Waals surface area contributed by atoms with Crippen molar-refractivity contribution in [2.45, 2.75) is 39.7 Å². The maximum Gasteiger partial charge on any atom is 0.239 e. The molecule has 0 saturated heterocycles. The zero-order valence-electron chi connectivity index (χ0n) is 14.9. The van der Waals surface area contributed by atoms with Crippen LogP contribution >= 0.6 is 0 Å². The largest absolute Gasteiger partial charge is 0.355 e. The summed E-state index contributed by atoms with van der Waals surface area (Å²) in [5.74, 6) is -0.314.